The van der Waals surface area contributed by atoms with Gasteiger partial charge in [0.15, 0.2) is 5.70 Å². The first kappa shape index (κ1) is 11.9. The molecule has 18 heavy (non-hydrogen) atoms. The summed E-state index contributed by atoms with van der Waals surface area (Å²) >= 11 is 0.623. The van der Waals surface area contributed by atoms with Crippen LogP contribution in [0.5, 0.6) is 5.75 Å². The van der Waals surface area contributed by atoms with Crippen molar-refractivity contribution in [2.24, 2.45) is 8.73 Å². The van der Waals surface area contributed by atoms with Gasteiger partial charge in [0.1, 0.15) is 5.70 Å². The molecule has 0 saturated carbocycles. The van der Waals surface area contributed by atoms with Crippen molar-refractivity contribution in [3.05, 3.63) is 39.6 Å². The quantitative estimate of drug-likeness (QED) is 0.641. The van der Waals surface area contributed by atoms with Crippen LogP contribution in [0.2, 0.25) is 0 Å². The zero-order valence-electron chi connectivity index (χ0n) is 8.56. The Morgan fingerprint density at radius 1 is 1.39 bits per heavy atom. The minimum absolute atomic E-state index is 0.143. The molecule has 0 unspecified atom stereocenters. The van der Waals surface area contributed by atoms with E-state index in [1.54, 1.807) is 0 Å². The summed E-state index contributed by atoms with van der Waals surface area (Å²) in [4.78, 5) is 20.8. The van der Waals surface area contributed by atoms with E-state index in [-0.39, 0.29) is 16.9 Å². The zero-order valence-corrected chi connectivity index (χ0v) is 9.38. The number of nitro groups is 1. The molecule has 0 aliphatic carbocycles. The minimum atomic E-state index is -1.34. The molecule has 1 aliphatic rings. The lowest BCUT2D eigenvalue weighted by molar-refractivity contribution is -0.385. The molecule has 0 bridgehead atoms. The van der Waals surface area contributed by atoms with Crippen molar-refractivity contribution >= 4 is 28.7 Å². The number of rotatable bonds is 3. The number of carbonyl (C=O) groups is 1. The molecule has 2 rings (SSSR count). The molecule has 1 aromatic carbocycles. The number of nitro benzene ring substituents is 1. The van der Waals surface area contributed by atoms with Gasteiger partial charge in [-0.05, 0) is 0 Å². The van der Waals surface area contributed by atoms with Gasteiger partial charge >= 0.3 is 5.97 Å². The van der Waals surface area contributed by atoms with E-state index >= 15 is 0 Å². The second-order valence-corrected chi connectivity index (χ2v) is 3.73. The van der Waals surface area contributed by atoms with Gasteiger partial charge in [0.25, 0.3) is 5.69 Å². The summed E-state index contributed by atoms with van der Waals surface area (Å²) in [6, 6.07) is 3.04. The van der Waals surface area contributed by atoms with E-state index in [4.69, 9.17) is 5.11 Å². The first-order valence-electron chi connectivity index (χ1n) is 4.52. The number of non-ortho nitro benzene ring substituents is 1. The second kappa shape index (κ2) is 4.37. The Labute approximate surface area is 103 Å². The molecule has 8 nitrogen and oxygen atoms in total. The fraction of sp³-hybridized carbons (Fsp3) is 0. The van der Waals surface area contributed by atoms with Gasteiger partial charge in [-0.2, -0.15) is 8.73 Å². The van der Waals surface area contributed by atoms with Crippen LogP contribution in [0.15, 0.2) is 32.6 Å². The molecule has 0 spiro atoms. The maximum atomic E-state index is 11.6. The maximum Gasteiger partial charge on any atom is 0.357 e. The summed E-state index contributed by atoms with van der Waals surface area (Å²) in [5, 5.41) is 31.0. The number of hydrogen-bond acceptors (Lipinski definition) is 6. The van der Waals surface area contributed by atoms with Crippen molar-refractivity contribution in [3.63, 3.8) is 0 Å². The Balaban J connectivity index is 2.61. The van der Waals surface area contributed by atoms with Crippen LogP contribution in [0.1, 0.15) is 5.56 Å². The van der Waals surface area contributed by atoms with E-state index in [1.165, 1.54) is 0 Å². The Bertz CT molecular complexity index is 660. The molecule has 0 atom stereocenters. The molecule has 1 heterocycles. The summed E-state index contributed by atoms with van der Waals surface area (Å²) in [6.07, 6.45) is 0. The maximum absolute atomic E-state index is 11.6. The summed E-state index contributed by atoms with van der Waals surface area (Å²) in [5.41, 5.74) is -0.997. The van der Waals surface area contributed by atoms with Crippen LogP contribution in [-0.2, 0) is 16.1 Å². The fourth-order valence-electron chi connectivity index (χ4n) is 1.32. The van der Waals surface area contributed by atoms with Crippen LogP contribution in [0.4, 0.5) is 5.69 Å². The zero-order chi connectivity index (χ0) is 13.3. The molecular weight excluding hydrogens is 262 g/mol. The van der Waals surface area contributed by atoms with Crippen molar-refractivity contribution in [3.8, 4) is 5.75 Å². The van der Waals surface area contributed by atoms with Crippen LogP contribution in [-0.4, -0.2) is 16.0 Å². The number of carboxylic acid groups (broad SMARTS) is 1. The third kappa shape index (κ3) is 1.98. The van der Waals surface area contributed by atoms with Crippen molar-refractivity contribution in [1.82, 2.24) is 0 Å². The van der Waals surface area contributed by atoms with Gasteiger partial charge in [-0.3, -0.25) is 10.1 Å². The lowest BCUT2D eigenvalue weighted by Gasteiger charge is -2.11. The van der Waals surface area contributed by atoms with Gasteiger partial charge in [0.2, 0.25) is 0 Å². The predicted molar refractivity (Wildman–Crippen MR) is 59.3 cm³/mol. The number of hydrogen-bond donors (Lipinski definition) is 1. The topological polar surface area (TPSA) is 128 Å². The normalized spacial score (nSPS) is 13.6. The van der Waals surface area contributed by atoms with E-state index in [0.29, 0.717) is 11.4 Å². The van der Waals surface area contributed by atoms with Crippen molar-refractivity contribution in [1.29, 1.82) is 0 Å². The number of benzene rings is 1. The highest BCUT2D eigenvalue weighted by Crippen LogP contribution is 2.32. The molecule has 0 fully saturated rings. The van der Waals surface area contributed by atoms with Crippen LogP contribution in [0.3, 0.4) is 0 Å². The Morgan fingerprint density at radius 3 is 2.72 bits per heavy atom. The van der Waals surface area contributed by atoms with Gasteiger partial charge in [-0.1, -0.05) is 11.8 Å². The van der Waals surface area contributed by atoms with E-state index in [0.717, 1.165) is 18.2 Å². The predicted octanol–water partition coefficient (Wildman–Crippen LogP) is 0.885. The summed E-state index contributed by atoms with van der Waals surface area (Å²) < 4.78 is 7.23. The highest BCUT2D eigenvalue weighted by Gasteiger charge is 2.20. The largest absolute Gasteiger partial charge is 0.872 e. The second-order valence-electron chi connectivity index (χ2n) is 3.20. The van der Waals surface area contributed by atoms with Crippen LogP contribution in [0.25, 0.3) is 5.70 Å². The van der Waals surface area contributed by atoms with E-state index in [2.05, 4.69) is 8.73 Å². The molecule has 0 aromatic heterocycles. The molecule has 1 N–H and O–H groups in total. The first-order chi connectivity index (χ1) is 8.50. The molecule has 1 aliphatic heterocycles. The van der Waals surface area contributed by atoms with Crippen LogP contribution in [0, 0.1) is 10.1 Å². The van der Waals surface area contributed by atoms with Crippen molar-refractivity contribution in [2.45, 2.75) is 0 Å². The smallest absolute Gasteiger partial charge is 0.357 e. The van der Waals surface area contributed by atoms with Gasteiger partial charge in [-0.15, -0.1) is 0 Å². The molecule has 0 saturated heterocycles. The summed E-state index contributed by atoms with van der Waals surface area (Å²) in [5.74, 6) is -1.89. The van der Waals surface area contributed by atoms with Crippen LogP contribution < -0.4 is 5.11 Å². The van der Waals surface area contributed by atoms with Gasteiger partial charge in [-0.25, -0.2) is 4.79 Å². The highest BCUT2D eigenvalue weighted by atomic mass is 32.1. The summed E-state index contributed by atoms with van der Waals surface area (Å²) in [7, 11) is 0. The van der Waals surface area contributed by atoms with E-state index < -0.39 is 22.3 Å². The third-order valence-electron chi connectivity index (χ3n) is 2.12. The lowest BCUT2D eigenvalue weighted by atomic mass is 10.1. The monoisotopic (exact) mass is 266 g/mol. The number of aliphatic carboxylic acids is 1. The lowest BCUT2D eigenvalue weighted by Crippen LogP contribution is -2.02. The van der Waals surface area contributed by atoms with Gasteiger partial charge < -0.3 is 10.2 Å². The van der Waals surface area contributed by atoms with Crippen LogP contribution >= 0.6 is 0 Å². The average Bonchev–Trinajstić information content (AvgIpc) is 2.78. The Morgan fingerprint density at radius 2 is 2.11 bits per heavy atom. The fourth-order valence-corrected chi connectivity index (χ4v) is 1.88. The number of nitrogens with zero attached hydrogens (tertiary/aromatic N) is 3. The molecule has 9 heteroatoms. The molecular formula is C9H4N3O5S-. The molecule has 1 aromatic rings. The molecule has 92 valence electrons. The first-order valence-corrected chi connectivity index (χ1v) is 5.25. The van der Waals surface area contributed by atoms with Crippen molar-refractivity contribution in [2.75, 3.05) is 0 Å². The molecule has 0 radical (unpaired) electrons. The highest BCUT2D eigenvalue weighted by molar-refractivity contribution is 7.58. The average molecular weight is 266 g/mol. The number of carboxylic acids is 1. The SMILES string of the molecule is O=C(O)C1=C(c2cc([N+](=O)[O-])ccc2[O-])N=S=N1. The van der Waals surface area contributed by atoms with E-state index in [1.807, 2.05) is 0 Å². The third-order valence-corrected chi connectivity index (χ3v) is 2.65. The minimum Gasteiger partial charge on any atom is -0.872 e. The van der Waals surface area contributed by atoms with Gasteiger partial charge in [0.05, 0.1) is 16.3 Å². The van der Waals surface area contributed by atoms with Gasteiger partial charge in [0, 0.05) is 17.7 Å². The van der Waals surface area contributed by atoms with E-state index in [9.17, 15) is 20.0 Å². The Hall–Kier alpha value is -2.55. The Kier molecular flexibility index (Phi) is 2.90. The summed E-state index contributed by atoms with van der Waals surface area (Å²) in [6.45, 7) is 0. The van der Waals surface area contributed by atoms with Crippen molar-refractivity contribution < 1.29 is 19.9 Å². The standard InChI is InChI=1S/C9H5N3O5S/c13-6-2-1-4(12(16)17)3-5(6)7-8(9(14)15)11-18-10-7/h1-3,13H,(H,14,15)/p-1. The molecule has 0 amide bonds.